The fraction of sp³-hybridized carbons (Fsp3) is 0.579. The van der Waals surface area contributed by atoms with Gasteiger partial charge in [0.05, 0.1) is 30.8 Å². The van der Waals surface area contributed by atoms with Gasteiger partial charge in [-0.2, -0.15) is 0 Å². The van der Waals surface area contributed by atoms with Crippen molar-refractivity contribution in [1.82, 2.24) is 0 Å². The first kappa shape index (κ1) is 18.8. The number of fused-ring (bicyclic) bond motifs is 3. The van der Waals surface area contributed by atoms with E-state index in [0.717, 1.165) is 5.57 Å². The molecule has 1 aliphatic heterocycles. The Kier molecular flexibility index (Phi) is 5.05. The van der Waals surface area contributed by atoms with E-state index in [0.29, 0.717) is 12.0 Å². The van der Waals surface area contributed by atoms with E-state index in [2.05, 4.69) is 19.7 Å². The zero-order valence-electron chi connectivity index (χ0n) is 14.5. The molecule has 1 heterocycles. The van der Waals surface area contributed by atoms with E-state index < -0.39 is 55.3 Å². The zero-order valence-corrected chi connectivity index (χ0v) is 14.5. The number of hydrogen-bond acceptors (Lipinski definition) is 7. The summed E-state index contributed by atoms with van der Waals surface area (Å²) in [5, 5.41) is 29.0. The molecule has 2 saturated carbocycles. The smallest absolute Gasteiger partial charge is 0.336 e. The number of ether oxygens (including phenoxy) is 2. The minimum Gasteiger partial charge on any atom is -0.461 e. The van der Waals surface area contributed by atoms with E-state index in [-0.39, 0.29) is 23.8 Å². The molecule has 26 heavy (non-hydrogen) atoms. The number of esters is 2. The van der Waals surface area contributed by atoms with Crippen molar-refractivity contribution < 1.29 is 34.4 Å². The molecule has 3 N–H and O–H groups in total. The number of rotatable bonds is 4. The van der Waals surface area contributed by atoms with Gasteiger partial charge in [0.1, 0.15) is 12.2 Å². The van der Waals surface area contributed by atoms with Crippen LogP contribution < -0.4 is 0 Å². The highest BCUT2D eigenvalue weighted by atomic mass is 16.6. The van der Waals surface area contributed by atoms with Crippen LogP contribution in [0.3, 0.4) is 0 Å². The normalized spacial score (nSPS) is 39.0. The van der Waals surface area contributed by atoms with Crippen molar-refractivity contribution in [2.75, 3.05) is 13.2 Å². The predicted octanol–water partition coefficient (Wildman–Crippen LogP) is 0.110. The Bertz CT molecular complexity index is 667. The SMILES string of the molecule is C=C(CO)C(=O)OC1CC(=C)C2CC(O)C(=C)C2C2OC(=O)C(CO)C12. The van der Waals surface area contributed by atoms with Crippen LogP contribution in [0.15, 0.2) is 36.5 Å². The number of carbonyl (C=O) groups is 2. The summed E-state index contributed by atoms with van der Waals surface area (Å²) in [6.45, 7) is 10.5. The fourth-order valence-corrected chi connectivity index (χ4v) is 4.50. The van der Waals surface area contributed by atoms with E-state index >= 15 is 0 Å². The Morgan fingerprint density at radius 1 is 1.31 bits per heavy atom. The summed E-state index contributed by atoms with van der Waals surface area (Å²) in [5.74, 6) is -3.20. The van der Waals surface area contributed by atoms with E-state index in [1.54, 1.807) is 0 Å². The van der Waals surface area contributed by atoms with Gasteiger partial charge in [0.2, 0.25) is 0 Å². The highest BCUT2D eigenvalue weighted by molar-refractivity contribution is 5.88. The third kappa shape index (κ3) is 2.90. The Morgan fingerprint density at radius 2 is 2.00 bits per heavy atom. The van der Waals surface area contributed by atoms with Gasteiger partial charge < -0.3 is 24.8 Å². The summed E-state index contributed by atoms with van der Waals surface area (Å²) < 4.78 is 11.1. The van der Waals surface area contributed by atoms with Gasteiger partial charge >= 0.3 is 11.9 Å². The lowest BCUT2D eigenvalue weighted by molar-refractivity contribution is -0.149. The molecule has 0 aromatic carbocycles. The summed E-state index contributed by atoms with van der Waals surface area (Å²) in [6, 6.07) is 0. The highest BCUT2D eigenvalue weighted by Gasteiger charge is 2.58. The van der Waals surface area contributed by atoms with Crippen molar-refractivity contribution in [3.63, 3.8) is 0 Å². The van der Waals surface area contributed by atoms with E-state index in [1.165, 1.54) is 0 Å². The number of aliphatic hydroxyl groups excluding tert-OH is 3. The summed E-state index contributed by atoms with van der Waals surface area (Å²) in [4.78, 5) is 24.4. The molecule has 7 heteroatoms. The molecule has 2 aliphatic carbocycles. The summed E-state index contributed by atoms with van der Waals surface area (Å²) in [5.41, 5.74) is 1.26. The van der Waals surface area contributed by atoms with Crippen LogP contribution in [0.4, 0.5) is 0 Å². The molecule has 0 spiro atoms. The Morgan fingerprint density at radius 3 is 2.62 bits per heavy atom. The van der Waals surface area contributed by atoms with E-state index in [1.807, 2.05) is 0 Å². The number of carbonyl (C=O) groups excluding carboxylic acids is 2. The van der Waals surface area contributed by atoms with Gasteiger partial charge in [-0.3, -0.25) is 4.79 Å². The topological polar surface area (TPSA) is 113 Å². The third-order valence-electron chi connectivity index (χ3n) is 5.87. The molecule has 0 bridgehead atoms. The highest BCUT2D eigenvalue weighted by Crippen LogP contribution is 2.52. The number of hydrogen-bond donors (Lipinski definition) is 3. The van der Waals surface area contributed by atoms with Gasteiger partial charge in [-0.1, -0.05) is 25.3 Å². The largest absolute Gasteiger partial charge is 0.461 e. The molecule has 3 fully saturated rings. The summed E-state index contributed by atoms with van der Waals surface area (Å²) in [6.07, 6.45) is -1.41. The van der Waals surface area contributed by atoms with Crippen LogP contribution in [0, 0.1) is 23.7 Å². The zero-order chi connectivity index (χ0) is 19.2. The first-order valence-corrected chi connectivity index (χ1v) is 8.65. The van der Waals surface area contributed by atoms with Gasteiger partial charge in [-0.05, 0) is 17.9 Å². The second-order valence-electron chi connectivity index (χ2n) is 7.29. The molecular weight excluding hydrogens is 340 g/mol. The quantitative estimate of drug-likeness (QED) is 0.369. The molecule has 0 amide bonds. The Balaban J connectivity index is 1.97. The molecule has 7 atom stereocenters. The van der Waals surface area contributed by atoms with Crippen LogP contribution in [0.1, 0.15) is 12.8 Å². The van der Waals surface area contributed by atoms with Crippen LogP contribution in [0.2, 0.25) is 0 Å². The Labute approximate surface area is 151 Å². The van der Waals surface area contributed by atoms with Gasteiger partial charge in [-0.25, -0.2) is 4.79 Å². The lowest BCUT2D eigenvalue weighted by Gasteiger charge is -2.30. The van der Waals surface area contributed by atoms with Crippen molar-refractivity contribution in [2.45, 2.75) is 31.2 Å². The summed E-state index contributed by atoms with van der Waals surface area (Å²) >= 11 is 0. The molecule has 0 aromatic rings. The lowest BCUT2D eigenvalue weighted by atomic mass is 9.79. The standard InChI is InChI=1S/C19H24O7/c1-8-4-14(25-18(23)9(2)6-20)16-12(7-21)19(24)26-17(16)15-10(3)13(22)5-11(8)15/h11-17,20-22H,1-7H2. The molecule has 3 aliphatic rings. The lowest BCUT2D eigenvalue weighted by Crippen LogP contribution is -2.39. The van der Waals surface area contributed by atoms with Crippen molar-refractivity contribution in [3.8, 4) is 0 Å². The maximum atomic E-state index is 12.3. The van der Waals surface area contributed by atoms with Crippen LogP contribution in [0.5, 0.6) is 0 Å². The molecule has 7 nitrogen and oxygen atoms in total. The predicted molar refractivity (Wildman–Crippen MR) is 90.6 cm³/mol. The first-order chi connectivity index (χ1) is 12.3. The molecule has 0 aromatic heterocycles. The monoisotopic (exact) mass is 364 g/mol. The van der Waals surface area contributed by atoms with E-state index in [4.69, 9.17) is 14.6 Å². The van der Waals surface area contributed by atoms with Crippen LogP contribution in [0.25, 0.3) is 0 Å². The first-order valence-electron chi connectivity index (χ1n) is 8.65. The second kappa shape index (κ2) is 6.98. The summed E-state index contributed by atoms with van der Waals surface area (Å²) in [7, 11) is 0. The molecule has 7 unspecified atom stereocenters. The Hall–Kier alpha value is -1.96. The van der Waals surface area contributed by atoms with Gasteiger partial charge in [-0.15, -0.1) is 0 Å². The number of aliphatic hydroxyl groups is 3. The fourth-order valence-electron chi connectivity index (χ4n) is 4.50. The molecule has 0 radical (unpaired) electrons. The van der Waals surface area contributed by atoms with Crippen molar-refractivity contribution in [2.24, 2.45) is 23.7 Å². The van der Waals surface area contributed by atoms with Gasteiger partial charge in [0.25, 0.3) is 0 Å². The van der Waals surface area contributed by atoms with Crippen molar-refractivity contribution >= 4 is 11.9 Å². The maximum Gasteiger partial charge on any atom is 0.336 e. The maximum absolute atomic E-state index is 12.3. The molecule has 1 saturated heterocycles. The van der Waals surface area contributed by atoms with Gasteiger partial charge in [0.15, 0.2) is 0 Å². The van der Waals surface area contributed by atoms with Crippen molar-refractivity contribution in [3.05, 3.63) is 36.5 Å². The van der Waals surface area contributed by atoms with E-state index in [9.17, 15) is 19.8 Å². The molecule has 3 rings (SSSR count). The van der Waals surface area contributed by atoms with Gasteiger partial charge in [0, 0.05) is 18.3 Å². The minimum absolute atomic E-state index is 0.0952. The third-order valence-corrected chi connectivity index (χ3v) is 5.87. The van der Waals surface area contributed by atoms with Crippen LogP contribution in [-0.2, 0) is 19.1 Å². The van der Waals surface area contributed by atoms with Crippen LogP contribution in [-0.4, -0.2) is 58.8 Å². The second-order valence-corrected chi connectivity index (χ2v) is 7.29. The van der Waals surface area contributed by atoms with Crippen molar-refractivity contribution in [1.29, 1.82) is 0 Å². The average molecular weight is 364 g/mol. The van der Waals surface area contributed by atoms with Crippen LogP contribution >= 0.6 is 0 Å². The minimum atomic E-state index is -0.836. The molecule has 142 valence electrons. The average Bonchev–Trinajstić information content (AvgIpc) is 3.06. The molecular formula is C19H24O7.